The zero-order valence-corrected chi connectivity index (χ0v) is 13.1. The van der Waals surface area contributed by atoms with E-state index in [1.807, 2.05) is 30.1 Å². The molecule has 3 aliphatic heterocycles. The summed E-state index contributed by atoms with van der Waals surface area (Å²) in [5.41, 5.74) is 1.16. The molecule has 1 amide bonds. The van der Waals surface area contributed by atoms with Crippen molar-refractivity contribution >= 4 is 5.91 Å². The number of hydrogen-bond acceptors (Lipinski definition) is 3. The zero-order chi connectivity index (χ0) is 15.1. The summed E-state index contributed by atoms with van der Waals surface area (Å²) in [6.45, 7) is 0.512. The fourth-order valence-electron chi connectivity index (χ4n) is 4.30. The van der Waals surface area contributed by atoms with Crippen LogP contribution < -0.4 is 10.1 Å². The monoisotopic (exact) mass is 300 g/mol. The molecule has 0 saturated carbocycles. The van der Waals surface area contributed by atoms with Gasteiger partial charge in [-0.15, -0.1) is 0 Å². The van der Waals surface area contributed by atoms with Gasteiger partial charge in [-0.3, -0.25) is 4.79 Å². The number of carbonyl (C=O) groups is 1. The van der Waals surface area contributed by atoms with Gasteiger partial charge in [-0.25, -0.2) is 0 Å². The number of nitrogens with zero attached hydrogens (tertiary/aromatic N) is 1. The van der Waals surface area contributed by atoms with E-state index in [4.69, 9.17) is 4.74 Å². The van der Waals surface area contributed by atoms with E-state index in [0.717, 1.165) is 30.6 Å². The Kier molecular flexibility index (Phi) is 3.57. The van der Waals surface area contributed by atoms with E-state index in [-0.39, 0.29) is 11.8 Å². The van der Waals surface area contributed by atoms with Crippen LogP contribution in [0.25, 0.3) is 0 Å². The highest BCUT2D eigenvalue weighted by atomic mass is 16.5. The lowest BCUT2D eigenvalue weighted by atomic mass is 9.93. The number of nitrogens with one attached hydrogen (secondary N) is 1. The first-order chi connectivity index (χ1) is 10.7. The third-order valence-electron chi connectivity index (χ3n) is 5.57. The molecule has 0 spiro atoms. The van der Waals surface area contributed by atoms with E-state index in [9.17, 15) is 4.79 Å². The van der Waals surface area contributed by atoms with Gasteiger partial charge in [0.15, 0.2) is 0 Å². The highest BCUT2D eigenvalue weighted by Crippen LogP contribution is 2.32. The number of hydrogen-bond donors (Lipinski definition) is 1. The smallest absolute Gasteiger partial charge is 0.229 e. The molecule has 2 saturated heterocycles. The second-order valence-electron chi connectivity index (χ2n) is 7.03. The van der Waals surface area contributed by atoms with Gasteiger partial charge in [-0.2, -0.15) is 0 Å². The van der Waals surface area contributed by atoms with Crippen LogP contribution in [0, 0.1) is 5.92 Å². The van der Waals surface area contributed by atoms with Gasteiger partial charge in [0.1, 0.15) is 12.4 Å². The molecule has 3 atom stereocenters. The molecule has 0 radical (unpaired) electrons. The van der Waals surface area contributed by atoms with Crippen LogP contribution in [-0.2, 0) is 11.2 Å². The van der Waals surface area contributed by atoms with E-state index < -0.39 is 0 Å². The lowest BCUT2D eigenvalue weighted by Gasteiger charge is -2.38. The van der Waals surface area contributed by atoms with E-state index in [0.29, 0.717) is 24.7 Å². The van der Waals surface area contributed by atoms with Crippen LogP contribution in [0.2, 0.25) is 0 Å². The van der Waals surface area contributed by atoms with Crippen molar-refractivity contribution in [3.63, 3.8) is 0 Å². The van der Waals surface area contributed by atoms with Crippen molar-refractivity contribution in [1.29, 1.82) is 0 Å². The molecule has 0 aliphatic carbocycles. The number of para-hydroxylation sites is 1. The lowest BCUT2D eigenvalue weighted by molar-refractivity contribution is -0.138. The summed E-state index contributed by atoms with van der Waals surface area (Å²) in [5, 5.41) is 3.64. The largest absolute Gasteiger partial charge is 0.492 e. The van der Waals surface area contributed by atoms with Gasteiger partial charge in [0.2, 0.25) is 5.91 Å². The average Bonchev–Trinajstić information content (AvgIpc) is 2.91. The molecule has 4 heteroatoms. The number of amides is 1. The molecule has 22 heavy (non-hydrogen) atoms. The molecule has 2 fully saturated rings. The molecule has 3 aliphatic rings. The first kappa shape index (κ1) is 14.1. The summed E-state index contributed by atoms with van der Waals surface area (Å²) in [5.74, 6) is 1.15. The summed E-state index contributed by atoms with van der Waals surface area (Å²) >= 11 is 0. The molecule has 2 bridgehead atoms. The zero-order valence-electron chi connectivity index (χ0n) is 13.1. The molecular weight excluding hydrogens is 276 g/mol. The highest BCUT2D eigenvalue weighted by Gasteiger charge is 2.38. The van der Waals surface area contributed by atoms with Crippen molar-refractivity contribution < 1.29 is 9.53 Å². The third kappa shape index (κ3) is 2.50. The first-order valence-electron chi connectivity index (χ1n) is 8.44. The second-order valence-corrected chi connectivity index (χ2v) is 7.03. The minimum absolute atomic E-state index is 0.0348. The Morgan fingerprint density at radius 1 is 1.23 bits per heavy atom. The van der Waals surface area contributed by atoms with Gasteiger partial charge in [-0.05, 0) is 43.7 Å². The van der Waals surface area contributed by atoms with Crippen LogP contribution in [0.1, 0.15) is 31.2 Å². The second kappa shape index (κ2) is 5.58. The summed E-state index contributed by atoms with van der Waals surface area (Å²) in [6.07, 6.45) is 5.54. The van der Waals surface area contributed by atoms with Gasteiger partial charge < -0.3 is 15.0 Å². The Labute approximate surface area is 131 Å². The van der Waals surface area contributed by atoms with Gasteiger partial charge in [0, 0.05) is 25.2 Å². The molecule has 0 aromatic heterocycles. The van der Waals surface area contributed by atoms with E-state index in [2.05, 4.69) is 11.4 Å². The summed E-state index contributed by atoms with van der Waals surface area (Å²) in [7, 11) is 1.98. The third-order valence-corrected chi connectivity index (χ3v) is 5.57. The maximum absolute atomic E-state index is 12.9. The van der Waals surface area contributed by atoms with Crippen molar-refractivity contribution in [1.82, 2.24) is 10.2 Å². The van der Waals surface area contributed by atoms with Crippen LogP contribution in [0.5, 0.6) is 5.75 Å². The SMILES string of the molecule is CN(C(=O)C1COc2ccccc2C1)C1CC2CCC(C1)N2. The van der Waals surface area contributed by atoms with Crippen molar-refractivity contribution in [2.45, 2.75) is 50.2 Å². The van der Waals surface area contributed by atoms with Gasteiger partial charge in [0.05, 0.1) is 5.92 Å². The van der Waals surface area contributed by atoms with Gasteiger partial charge in [0.25, 0.3) is 0 Å². The molecule has 1 aromatic carbocycles. The van der Waals surface area contributed by atoms with Crippen molar-refractivity contribution in [3.8, 4) is 5.75 Å². The molecule has 4 rings (SSSR count). The van der Waals surface area contributed by atoms with Crippen molar-refractivity contribution in [3.05, 3.63) is 29.8 Å². The van der Waals surface area contributed by atoms with E-state index >= 15 is 0 Å². The van der Waals surface area contributed by atoms with Gasteiger partial charge >= 0.3 is 0 Å². The molecular formula is C18H24N2O2. The maximum Gasteiger partial charge on any atom is 0.229 e. The Morgan fingerprint density at radius 3 is 2.73 bits per heavy atom. The van der Waals surface area contributed by atoms with E-state index in [1.54, 1.807) is 0 Å². The molecule has 3 unspecified atom stereocenters. The fraction of sp³-hybridized carbons (Fsp3) is 0.611. The number of carbonyl (C=O) groups excluding carboxylic acids is 1. The molecule has 1 N–H and O–H groups in total. The molecule has 118 valence electrons. The van der Waals surface area contributed by atoms with E-state index in [1.165, 1.54) is 12.8 Å². The minimum atomic E-state index is -0.0348. The molecule has 3 heterocycles. The topological polar surface area (TPSA) is 41.6 Å². The predicted octanol–water partition coefficient (Wildman–Crippen LogP) is 1.98. The lowest BCUT2D eigenvalue weighted by Crippen LogP contribution is -2.51. The van der Waals surface area contributed by atoms with Crippen LogP contribution in [0.4, 0.5) is 0 Å². The quantitative estimate of drug-likeness (QED) is 0.908. The van der Waals surface area contributed by atoms with Crippen LogP contribution in [0.15, 0.2) is 24.3 Å². The first-order valence-corrected chi connectivity index (χ1v) is 8.44. The predicted molar refractivity (Wildman–Crippen MR) is 84.9 cm³/mol. The minimum Gasteiger partial charge on any atom is -0.492 e. The number of ether oxygens (including phenoxy) is 1. The van der Waals surface area contributed by atoms with Crippen molar-refractivity contribution in [2.24, 2.45) is 5.92 Å². The summed E-state index contributed by atoms with van der Waals surface area (Å²) in [4.78, 5) is 14.9. The number of fused-ring (bicyclic) bond motifs is 3. The Bertz CT molecular complexity index is 562. The Balaban J connectivity index is 1.43. The fourth-order valence-corrected chi connectivity index (χ4v) is 4.30. The van der Waals surface area contributed by atoms with Crippen LogP contribution in [-0.4, -0.2) is 42.6 Å². The normalized spacial score (nSPS) is 33.0. The summed E-state index contributed by atoms with van der Waals surface area (Å²) < 4.78 is 5.79. The summed E-state index contributed by atoms with van der Waals surface area (Å²) in [6, 6.07) is 9.68. The maximum atomic E-state index is 12.9. The number of piperidine rings is 1. The Hall–Kier alpha value is -1.55. The Morgan fingerprint density at radius 2 is 1.95 bits per heavy atom. The molecule has 1 aromatic rings. The highest BCUT2D eigenvalue weighted by molar-refractivity contribution is 5.80. The average molecular weight is 300 g/mol. The van der Waals surface area contributed by atoms with Crippen LogP contribution >= 0.6 is 0 Å². The molecule has 4 nitrogen and oxygen atoms in total. The number of rotatable bonds is 2. The van der Waals surface area contributed by atoms with Crippen molar-refractivity contribution in [2.75, 3.05) is 13.7 Å². The van der Waals surface area contributed by atoms with Crippen LogP contribution in [0.3, 0.4) is 0 Å². The van der Waals surface area contributed by atoms with Gasteiger partial charge in [-0.1, -0.05) is 18.2 Å². The number of benzene rings is 1. The standard InChI is InChI=1S/C18H24N2O2/c1-20(16-9-14-6-7-15(10-16)19-14)18(21)13-8-12-4-2-3-5-17(12)22-11-13/h2-5,13-16,19H,6-11H2,1H3.